The fourth-order valence-corrected chi connectivity index (χ4v) is 2.09. The summed E-state index contributed by atoms with van der Waals surface area (Å²) < 4.78 is 0. The van der Waals surface area contributed by atoms with Crippen LogP contribution in [-0.4, -0.2) is 34.8 Å². The average molecular weight is 291 g/mol. The molecule has 0 atom stereocenters. The molecule has 0 bridgehead atoms. The van der Waals surface area contributed by atoms with Crippen molar-refractivity contribution in [2.45, 2.75) is 46.5 Å². The number of nitrogens with one attached hydrogen (secondary N) is 1. The van der Waals surface area contributed by atoms with E-state index in [4.69, 9.17) is 0 Å². The van der Waals surface area contributed by atoms with Crippen molar-refractivity contribution in [3.63, 3.8) is 0 Å². The van der Waals surface area contributed by atoms with Crippen LogP contribution < -0.4 is 5.32 Å². The normalized spacial score (nSPS) is 10.2. The van der Waals surface area contributed by atoms with E-state index < -0.39 is 0 Å². The van der Waals surface area contributed by atoms with E-state index in [0.717, 1.165) is 31.5 Å². The van der Waals surface area contributed by atoms with Crippen molar-refractivity contribution in [2.75, 3.05) is 18.4 Å². The first-order valence-electron chi connectivity index (χ1n) is 7.57. The van der Waals surface area contributed by atoms with Gasteiger partial charge in [0.15, 0.2) is 0 Å². The summed E-state index contributed by atoms with van der Waals surface area (Å²) in [4.78, 5) is 29.9. The molecule has 0 aliphatic heterocycles. The molecule has 116 valence electrons. The maximum absolute atomic E-state index is 12.1. The molecule has 0 saturated heterocycles. The van der Waals surface area contributed by atoms with Gasteiger partial charge in [-0.05, 0) is 31.4 Å². The van der Waals surface area contributed by atoms with E-state index in [-0.39, 0.29) is 24.7 Å². The molecule has 1 aromatic rings. The summed E-state index contributed by atoms with van der Waals surface area (Å²) in [6, 6.07) is 3.71. The second-order valence-electron chi connectivity index (χ2n) is 5.10. The summed E-state index contributed by atoms with van der Waals surface area (Å²) in [7, 11) is 0. The first-order valence-corrected chi connectivity index (χ1v) is 7.57. The molecule has 0 radical (unpaired) electrons. The van der Waals surface area contributed by atoms with E-state index in [1.807, 2.05) is 37.8 Å². The molecule has 1 rings (SSSR count). The van der Waals surface area contributed by atoms with E-state index in [1.54, 1.807) is 6.20 Å². The van der Waals surface area contributed by atoms with Crippen LogP contribution in [0.3, 0.4) is 0 Å². The highest BCUT2D eigenvalue weighted by atomic mass is 16.2. The van der Waals surface area contributed by atoms with Crippen LogP contribution in [0.15, 0.2) is 18.3 Å². The van der Waals surface area contributed by atoms with Crippen LogP contribution in [0.5, 0.6) is 0 Å². The lowest BCUT2D eigenvalue weighted by atomic mass is 10.2. The van der Waals surface area contributed by atoms with Gasteiger partial charge >= 0.3 is 0 Å². The van der Waals surface area contributed by atoms with Gasteiger partial charge in [0, 0.05) is 32.1 Å². The molecular weight excluding hydrogens is 266 g/mol. The second kappa shape index (κ2) is 9.10. The summed E-state index contributed by atoms with van der Waals surface area (Å²) in [5, 5.41) is 2.75. The minimum atomic E-state index is -0.168. The predicted molar refractivity (Wildman–Crippen MR) is 84.0 cm³/mol. The van der Waals surface area contributed by atoms with Gasteiger partial charge in [0.05, 0.1) is 0 Å². The standard InChI is InChI=1S/C16H25N3O2/c1-4-11-19(12-5-2)15(21)9-8-14(20)18-16-13(3)7-6-10-17-16/h6-7,10H,4-5,8-9,11-12H2,1-3H3,(H,17,18,20). The van der Waals surface area contributed by atoms with Gasteiger partial charge in [-0.2, -0.15) is 0 Å². The quantitative estimate of drug-likeness (QED) is 0.801. The number of anilines is 1. The highest BCUT2D eigenvalue weighted by Gasteiger charge is 2.14. The van der Waals surface area contributed by atoms with E-state index in [9.17, 15) is 9.59 Å². The summed E-state index contributed by atoms with van der Waals surface area (Å²) >= 11 is 0. The Hall–Kier alpha value is -1.91. The minimum absolute atomic E-state index is 0.0478. The maximum Gasteiger partial charge on any atom is 0.226 e. The van der Waals surface area contributed by atoms with E-state index >= 15 is 0 Å². The highest BCUT2D eigenvalue weighted by molar-refractivity contribution is 5.92. The van der Waals surface area contributed by atoms with Gasteiger partial charge in [-0.15, -0.1) is 0 Å². The number of carbonyl (C=O) groups excluding carboxylic acids is 2. The Morgan fingerprint density at radius 2 is 1.86 bits per heavy atom. The molecule has 0 fully saturated rings. The first kappa shape index (κ1) is 17.1. The fourth-order valence-electron chi connectivity index (χ4n) is 2.09. The monoisotopic (exact) mass is 291 g/mol. The maximum atomic E-state index is 12.1. The average Bonchev–Trinajstić information content (AvgIpc) is 2.47. The third kappa shape index (κ3) is 5.94. The molecule has 1 N–H and O–H groups in total. The summed E-state index contributed by atoms with van der Waals surface area (Å²) in [6.07, 6.45) is 3.95. The van der Waals surface area contributed by atoms with E-state index in [0.29, 0.717) is 5.82 Å². The van der Waals surface area contributed by atoms with Crippen LogP contribution in [0.4, 0.5) is 5.82 Å². The van der Waals surface area contributed by atoms with Gasteiger partial charge in [0.25, 0.3) is 0 Å². The molecular formula is C16H25N3O2. The first-order chi connectivity index (χ1) is 10.1. The van der Waals surface area contributed by atoms with Crippen LogP contribution in [0.2, 0.25) is 0 Å². The number of aromatic nitrogens is 1. The summed E-state index contributed by atoms with van der Waals surface area (Å²) in [5.74, 6) is 0.443. The molecule has 0 aromatic carbocycles. The second-order valence-corrected chi connectivity index (χ2v) is 5.10. The lowest BCUT2D eigenvalue weighted by Crippen LogP contribution is -2.33. The van der Waals surface area contributed by atoms with Crippen LogP contribution in [-0.2, 0) is 9.59 Å². The van der Waals surface area contributed by atoms with Gasteiger partial charge in [-0.25, -0.2) is 4.98 Å². The van der Waals surface area contributed by atoms with E-state index in [1.165, 1.54) is 0 Å². The molecule has 5 nitrogen and oxygen atoms in total. The number of rotatable bonds is 8. The van der Waals surface area contributed by atoms with Gasteiger partial charge in [0.1, 0.15) is 5.82 Å². The Balaban J connectivity index is 2.45. The van der Waals surface area contributed by atoms with Crippen molar-refractivity contribution < 1.29 is 9.59 Å². The lowest BCUT2D eigenvalue weighted by Gasteiger charge is -2.21. The number of pyridine rings is 1. The van der Waals surface area contributed by atoms with Gasteiger partial charge in [0.2, 0.25) is 11.8 Å². The Kier molecular flexibility index (Phi) is 7.43. The number of hydrogen-bond donors (Lipinski definition) is 1. The third-order valence-electron chi connectivity index (χ3n) is 3.17. The van der Waals surface area contributed by atoms with Crippen LogP contribution in [0.25, 0.3) is 0 Å². The fraction of sp³-hybridized carbons (Fsp3) is 0.562. The number of aryl methyl sites for hydroxylation is 1. The Morgan fingerprint density at radius 1 is 1.19 bits per heavy atom. The lowest BCUT2D eigenvalue weighted by molar-refractivity contribution is -0.133. The van der Waals surface area contributed by atoms with Crippen LogP contribution in [0.1, 0.15) is 45.1 Å². The van der Waals surface area contributed by atoms with Crippen molar-refractivity contribution in [3.8, 4) is 0 Å². The van der Waals surface area contributed by atoms with Crippen LogP contribution in [0, 0.1) is 6.92 Å². The van der Waals surface area contributed by atoms with Crippen molar-refractivity contribution in [1.82, 2.24) is 9.88 Å². The third-order valence-corrected chi connectivity index (χ3v) is 3.17. The number of amides is 2. The van der Waals surface area contributed by atoms with Crippen molar-refractivity contribution >= 4 is 17.6 Å². The zero-order valence-corrected chi connectivity index (χ0v) is 13.2. The summed E-state index contributed by atoms with van der Waals surface area (Å²) in [6.45, 7) is 7.50. The number of nitrogens with zero attached hydrogens (tertiary/aromatic N) is 2. The molecule has 5 heteroatoms. The smallest absolute Gasteiger partial charge is 0.226 e. The van der Waals surface area contributed by atoms with Crippen LogP contribution >= 0.6 is 0 Å². The molecule has 0 spiro atoms. The van der Waals surface area contributed by atoms with Crippen molar-refractivity contribution in [3.05, 3.63) is 23.9 Å². The summed E-state index contributed by atoms with van der Waals surface area (Å²) in [5.41, 5.74) is 0.913. The number of carbonyl (C=O) groups is 2. The SMILES string of the molecule is CCCN(CCC)C(=O)CCC(=O)Nc1ncccc1C. The molecule has 1 heterocycles. The minimum Gasteiger partial charge on any atom is -0.343 e. The molecule has 21 heavy (non-hydrogen) atoms. The van der Waals surface area contributed by atoms with Gasteiger partial charge in [-0.1, -0.05) is 19.9 Å². The zero-order chi connectivity index (χ0) is 15.7. The highest BCUT2D eigenvalue weighted by Crippen LogP contribution is 2.10. The van der Waals surface area contributed by atoms with Crippen molar-refractivity contribution in [1.29, 1.82) is 0 Å². The molecule has 0 unspecified atom stereocenters. The molecule has 0 aliphatic carbocycles. The molecule has 2 amide bonds. The van der Waals surface area contributed by atoms with Gasteiger partial charge < -0.3 is 10.2 Å². The van der Waals surface area contributed by atoms with Crippen molar-refractivity contribution in [2.24, 2.45) is 0 Å². The Labute approximate surface area is 126 Å². The zero-order valence-electron chi connectivity index (χ0n) is 13.2. The topological polar surface area (TPSA) is 62.3 Å². The molecule has 1 aromatic heterocycles. The largest absolute Gasteiger partial charge is 0.343 e. The molecule has 0 saturated carbocycles. The number of hydrogen-bond acceptors (Lipinski definition) is 3. The molecule has 0 aliphatic rings. The predicted octanol–water partition coefficient (Wildman–Crippen LogP) is 2.76. The van der Waals surface area contributed by atoms with Gasteiger partial charge in [-0.3, -0.25) is 9.59 Å². The Bertz CT molecular complexity index is 468. The Morgan fingerprint density at radius 3 is 2.43 bits per heavy atom. The van der Waals surface area contributed by atoms with E-state index in [2.05, 4.69) is 10.3 Å².